The summed E-state index contributed by atoms with van der Waals surface area (Å²) in [7, 11) is 0. The van der Waals surface area contributed by atoms with Crippen molar-refractivity contribution in [2.45, 2.75) is 44.4 Å². The largest absolute Gasteiger partial charge is 0.493 e. The number of ketones is 1. The van der Waals surface area contributed by atoms with Crippen LogP contribution in [0, 0.1) is 17.8 Å². The molecule has 1 aliphatic heterocycles. The summed E-state index contributed by atoms with van der Waals surface area (Å²) in [5, 5.41) is 0. The monoisotopic (exact) mass is 270 g/mol. The maximum atomic E-state index is 12.7. The number of carbonyl (C=O) groups is 1. The minimum Gasteiger partial charge on any atom is -0.493 e. The number of benzene rings is 1. The van der Waals surface area contributed by atoms with Crippen LogP contribution in [0.15, 0.2) is 24.3 Å². The van der Waals surface area contributed by atoms with E-state index >= 15 is 0 Å². The summed E-state index contributed by atoms with van der Waals surface area (Å²) in [5.41, 5.74) is 1.12. The normalized spacial score (nSPS) is 34.6. The molecule has 1 heterocycles. The molecule has 0 saturated heterocycles. The van der Waals surface area contributed by atoms with Gasteiger partial charge in [-0.05, 0) is 49.5 Å². The zero-order chi connectivity index (χ0) is 13.5. The standard InChI is InChI=1S/C18H22O2/c19-17(11-14-10-12-5-6-13(14)9-12)15-7-8-20-18-4-2-1-3-16(15)18/h1-4,12-15H,5-11H2. The fraction of sp³-hybridized carbons (Fsp3) is 0.611. The Kier molecular flexibility index (Phi) is 3.05. The number of hydrogen-bond acceptors (Lipinski definition) is 2. The molecule has 2 nitrogen and oxygen atoms in total. The molecule has 2 bridgehead atoms. The van der Waals surface area contributed by atoms with Crippen LogP contribution >= 0.6 is 0 Å². The summed E-state index contributed by atoms with van der Waals surface area (Å²) in [6.07, 6.45) is 7.14. The molecule has 0 N–H and O–H groups in total. The average molecular weight is 270 g/mol. The van der Waals surface area contributed by atoms with Crippen molar-refractivity contribution in [2.24, 2.45) is 17.8 Å². The lowest BCUT2D eigenvalue weighted by Gasteiger charge is -2.27. The molecule has 4 atom stereocenters. The number of Topliss-reactive ketones (excluding diaryl/α,β-unsaturated/α-hetero) is 1. The molecule has 2 aliphatic carbocycles. The molecule has 20 heavy (non-hydrogen) atoms. The van der Waals surface area contributed by atoms with Crippen LogP contribution < -0.4 is 4.74 Å². The van der Waals surface area contributed by atoms with E-state index in [2.05, 4.69) is 6.07 Å². The van der Waals surface area contributed by atoms with Crippen molar-refractivity contribution in [1.29, 1.82) is 0 Å². The summed E-state index contributed by atoms with van der Waals surface area (Å²) in [4.78, 5) is 12.7. The molecule has 4 unspecified atom stereocenters. The van der Waals surface area contributed by atoms with E-state index in [1.807, 2.05) is 18.2 Å². The van der Waals surface area contributed by atoms with Crippen molar-refractivity contribution in [2.75, 3.05) is 6.61 Å². The average Bonchev–Trinajstić information content (AvgIpc) is 3.09. The van der Waals surface area contributed by atoms with E-state index in [1.165, 1.54) is 25.7 Å². The van der Waals surface area contributed by atoms with E-state index < -0.39 is 0 Å². The van der Waals surface area contributed by atoms with E-state index in [4.69, 9.17) is 4.74 Å². The third kappa shape index (κ3) is 2.06. The first-order valence-corrected chi connectivity index (χ1v) is 8.05. The van der Waals surface area contributed by atoms with Gasteiger partial charge in [0.05, 0.1) is 6.61 Å². The van der Waals surface area contributed by atoms with Crippen molar-refractivity contribution in [3.05, 3.63) is 29.8 Å². The van der Waals surface area contributed by atoms with Gasteiger partial charge in [-0.25, -0.2) is 0 Å². The molecule has 2 fully saturated rings. The second kappa shape index (κ2) is 4.91. The maximum absolute atomic E-state index is 12.7. The first kappa shape index (κ1) is 12.4. The zero-order valence-corrected chi connectivity index (χ0v) is 11.9. The van der Waals surface area contributed by atoms with Crippen LogP contribution in [0.3, 0.4) is 0 Å². The van der Waals surface area contributed by atoms with E-state index in [0.29, 0.717) is 18.3 Å². The SMILES string of the molecule is O=C(CC1CC2CCC1C2)C1CCOc2ccccc21. The van der Waals surface area contributed by atoms with E-state index in [9.17, 15) is 4.79 Å². The summed E-state index contributed by atoms with van der Waals surface area (Å²) in [5.74, 6) is 3.91. The fourth-order valence-corrected chi connectivity index (χ4v) is 4.70. The summed E-state index contributed by atoms with van der Waals surface area (Å²) in [6, 6.07) is 8.07. The van der Waals surface area contributed by atoms with Crippen molar-refractivity contribution >= 4 is 5.78 Å². The molecule has 0 aromatic heterocycles. The first-order chi connectivity index (χ1) is 9.81. The number of carbonyl (C=O) groups excluding carboxylic acids is 1. The van der Waals surface area contributed by atoms with Crippen molar-refractivity contribution < 1.29 is 9.53 Å². The molecule has 2 heteroatoms. The van der Waals surface area contributed by atoms with Gasteiger partial charge in [0.1, 0.15) is 11.5 Å². The fourth-order valence-electron chi connectivity index (χ4n) is 4.70. The number of fused-ring (bicyclic) bond motifs is 3. The topological polar surface area (TPSA) is 26.3 Å². The Morgan fingerprint density at radius 2 is 2.05 bits per heavy atom. The predicted octanol–water partition coefficient (Wildman–Crippen LogP) is 3.95. The van der Waals surface area contributed by atoms with Gasteiger partial charge in [0.25, 0.3) is 0 Å². The Balaban J connectivity index is 1.49. The van der Waals surface area contributed by atoms with Gasteiger partial charge >= 0.3 is 0 Å². The van der Waals surface area contributed by atoms with Crippen LogP contribution in [-0.2, 0) is 4.79 Å². The number of para-hydroxylation sites is 1. The van der Waals surface area contributed by atoms with Crippen LogP contribution in [0.5, 0.6) is 5.75 Å². The molecular weight excluding hydrogens is 248 g/mol. The lowest BCUT2D eigenvalue weighted by Crippen LogP contribution is -2.24. The minimum atomic E-state index is 0.0825. The van der Waals surface area contributed by atoms with Crippen LogP contribution in [-0.4, -0.2) is 12.4 Å². The highest BCUT2D eigenvalue weighted by atomic mass is 16.5. The highest BCUT2D eigenvalue weighted by Crippen LogP contribution is 2.50. The van der Waals surface area contributed by atoms with Gasteiger partial charge in [-0.15, -0.1) is 0 Å². The van der Waals surface area contributed by atoms with Gasteiger partial charge in [0.15, 0.2) is 0 Å². The second-order valence-corrected chi connectivity index (χ2v) is 6.83. The van der Waals surface area contributed by atoms with Crippen LogP contribution in [0.25, 0.3) is 0 Å². The Labute approximate surface area is 120 Å². The summed E-state index contributed by atoms with van der Waals surface area (Å²) < 4.78 is 5.67. The molecule has 0 spiro atoms. The van der Waals surface area contributed by atoms with Gasteiger partial charge in [0, 0.05) is 17.9 Å². The number of hydrogen-bond donors (Lipinski definition) is 0. The van der Waals surface area contributed by atoms with E-state index in [1.54, 1.807) is 0 Å². The maximum Gasteiger partial charge on any atom is 0.140 e. The van der Waals surface area contributed by atoms with Gasteiger partial charge < -0.3 is 4.74 Å². The Morgan fingerprint density at radius 1 is 1.15 bits per heavy atom. The van der Waals surface area contributed by atoms with Gasteiger partial charge in [-0.3, -0.25) is 4.79 Å². The minimum absolute atomic E-state index is 0.0825. The van der Waals surface area contributed by atoms with Gasteiger partial charge in [-0.1, -0.05) is 24.6 Å². The molecule has 2 saturated carbocycles. The van der Waals surface area contributed by atoms with Crippen molar-refractivity contribution in [3.8, 4) is 5.75 Å². The summed E-state index contributed by atoms with van der Waals surface area (Å²) >= 11 is 0. The van der Waals surface area contributed by atoms with Crippen LogP contribution in [0.4, 0.5) is 0 Å². The molecular formula is C18H22O2. The van der Waals surface area contributed by atoms with E-state index in [-0.39, 0.29) is 5.92 Å². The lowest BCUT2D eigenvalue weighted by atomic mass is 9.80. The Bertz CT molecular complexity index is 522. The molecule has 3 aliphatic rings. The van der Waals surface area contributed by atoms with E-state index in [0.717, 1.165) is 36.0 Å². The Morgan fingerprint density at radius 3 is 2.85 bits per heavy atom. The lowest BCUT2D eigenvalue weighted by molar-refractivity contribution is -0.122. The summed E-state index contributed by atoms with van der Waals surface area (Å²) in [6.45, 7) is 0.685. The van der Waals surface area contributed by atoms with Crippen LogP contribution in [0.2, 0.25) is 0 Å². The third-order valence-electron chi connectivity index (χ3n) is 5.70. The molecule has 0 amide bonds. The Hall–Kier alpha value is -1.31. The molecule has 0 radical (unpaired) electrons. The number of ether oxygens (including phenoxy) is 1. The molecule has 4 rings (SSSR count). The van der Waals surface area contributed by atoms with Gasteiger partial charge in [-0.2, -0.15) is 0 Å². The molecule has 106 valence electrons. The smallest absolute Gasteiger partial charge is 0.140 e. The highest BCUT2D eigenvalue weighted by molar-refractivity contribution is 5.87. The van der Waals surface area contributed by atoms with Gasteiger partial charge in [0.2, 0.25) is 0 Å². The number of rotatable bonds is 3. The molecule has 1 aromatic rings. The van der Waals surface area contributed by atoms with Crippen molar-refractivity contribution in [3.63, 3.8) is 0 Å². The molecule has 1 aromatic carbocycles. The quantitative estimate of drug-likeness (QED) is 0.831. The van der Waals surface area contributed by atoms with Crippen molar-refractivity contribution in [1.82, 2.24) is 0 Å². The second-order valence-electron chi connectivity index (χ2n) is 6.83. The first-order valence-electron chi connectivity index (χ1n) is 8.05. The van der Waals surface area contributed by atoms with Crippen LogP contribution in [0.1, 0.15) is 50.0 Å². The zero-order valence-electron chi connectivity index (χ0n) is 11.9. The highest BCUT2D eigenvalue weighted by Gasteiger charge is 2.41. The third-order valence-corrected chi connectivity index (χ3v) is 5.70. The predicted molar refractivity (Wildman–Crippen MR) is 77.9 cm³/mol.